The maximum atomic E-state index is 13.1. The number of benzene rings is 3. The van der Waals surface area contributed by atoms with E-state index in [1.807, 2.05) is 78.9 Å². The summed E-state index contributed by atoms with van der Waals surface area (Å²) in [5.41, 5.74) is 2.76. The highest BCUT2D eigenvalue weighted by Crippen LogP contribution is 2.41. The Bertz CT molecular complexity index is 1030. The molecule has 4 rings (SSSR count). The first kappa shape index (κ1) is 15.6. The minimum Gasteiger partial charge on any atom is -0.497 e. The van der Waals surface area contributed by atoms with Gasteiger partial charge in [0.25, 0.3) is 0 Å². The molecule has 0 saturated carbocycles. The Morgan fingerprint density at radius 1 is 0.880 bits per heavy atom. The van der Waals surface area contributed by atoms with Gasteiger partial charge in [-0.3, -0.25) is 4.79 Å². The molecule has 0 amide bonds. The molecule has 0 N–H and O–H groups in total. The van der Waals surface area contributed by atoms with E-state index in [0.717, 1.165) is 31.8 Å². The minimum absolute atomic E-state index is 0.0552. The van der Waals surface area contributed by atoms with Gasteiger partial charge in [-0.05, 0) is 23.8 Å². The third-order valence-corrected chi connectivity index (χ3v) is 5.35. The molecule has 3 heteroatoms. The van der Waals surface area contributed by atoms with E-state index >= 15 is 0 Å². The zero-order chi connectivity index (χ0) is 17.2. The maximum Gasteiger partial charge on any atom is 0.203 e. The predicted molar refractivity (Wildman–Crippen MR) is 104 cm³/mol. The van der Waals surface area contributed by atoms with Crippen LogP contribution in [-0.4, -0.2) is 12.9 Å². The second-order valence-corrected chi connectivity index (χ2v) is 6.78. The Morgan fingerprint density at radius 3 is 2.24 bits per heavy atom. The van der Waals surface area contributed by atoms with Gasteiger partial charge in [-0.2, -0.15) is 0 Å². The van der Waals surface area contributed by atoms with Gasteiger partial charge in [0.15, 0.2) is 0 Å². The third-order valence-electron chi connectivity index (χ3n) is 4.20. The fourth-order valence-corrected chi connectivity index (χ4v) is 4.19. The predicted octanol–water partition coefficient (Wildman–Crippen LogP) is 5.81. The number of thiophene rings is 1. The molecule has 3 aromatic carbocycles. The average molecular weight is 344 g/mol. The molecule has 1 heterocycles. The molecule has 0 aliphatic heterocycles. The van der Waals surface area contributed by atoms with Crippen LogP contribution in [-0.2, 0) is 0 Å². The summed E-state index contributed by atoms with van der Waals surface area (Å²) in [4.78, 5) is 13.9. The molecule has 2 nitrogen and oxygen atoms in total. The first-order valence-electron chi connectivity index (χ1n) is 8.03. The van der Waals surface area contributed by atoms with Crippen LogP contribution in [0.3, 0.4) is 0 Å². The Balaban J connectivity index is 1.98. The Morgan fingerprint density at radius 2 is 1.56 bits per heavy atom. The van der Waals surface area contributed by atoms with Crippen molar-refractivity contribution in [2.75, 3.05) is 7.11 Å². The standard InChI is InChI=1S/C22H16O2S/c1-24-17-12-13-18-19(14-17)25-22(20(18)15-8-4-2-5-9-15)21(23)16-10-6-3-7-11-16/h2-14H,1H3. The van der Waals surface area contributed by atoms with Crippen molar-refractivity contribution in [3.63, 3.8) is 0 Å². The van der Waals surface area contributed by atoms with Crippen LogP contribution in [0.25, 0.3) is 21.2 Å². The molecule has 4 aromatic rings. The lowest BCUT2D eigenvalue weighted by Crippen LogP contribution is -2.00. The molecule has 25 heavy (non-hydrogen) atoms. The second kappa shape index (κ2) is 6.54. The summed E-state index contributed by atoms with van der Waals surface area (Å²) in [6.07, 6.45) is 0. The van der Waals surface area contributed by atoms with Crippen LogP contribution in [0.4, 0.5) is 0 Å². The van der Waals surface area contributed by atoms with Crippen molar-refractivity contribution in [3.8, 4) is 16.9 Å². The normalized spacial score (nSPS) is 10.8. The van der Waals surface area contributed by atoms with Gasteiger partial charge in [0.2, 0.25) is 5.78 Å². The molecule has 0 atom stereocenters. The Labute approximate surface area is 150 Å². The van der Waals surface area contributed by atoms with Crippen molar-refractivity contribution < 1.29 is 9.53 Å². The summed E-state index contributed by atoms with van der Waals surface area (Å²) < 4.78 is 6.40. The molecule has 0 radical (unpaired) electrons. The molecule has 0 fully saturated rings. The van der Waals surface area contributed by atoms with Crippen molar-refractivity contribution in [1.29, 1.82) is 0 Å². The molecular weight excluding hydrogens is 328 g/mol. The molecule has 0 aliphatic rings. The monoisotopic (exact) mass is 344 g/mol. The number of hydrogen-bond donors (Lipinski definition) is 0. The van der Waals surface area contributed by atoms with Crippen LogP contribution < -0.4 is 4.74 Å². The van der Waals surface area contributed by atoms with Gasteiger partial charge in [0.1, 0.15) is 5.75 Å². The van der Waals surface area contributed by atoms with Crippen LogP contribution in [0.5, 0.6) is 5.75 Å². The van der Waals surface area contributed by atoms with Crippen molar-refractivity contribution in [2.24, 2.45) is 0 Å². The highest BCUT2D eigenvalue weighted by molar-refractivity contribution is 7.21. The molecule has 1 aromatic heterocycles. The van der Waals surface area contributed by atoms with E-state index < -0.39 is 0 Å². The Kier molecular flexibility index (Phi) is 4.08. The van der Waals surface area contributed by atoms with Gasteiger partial charge in [0, 0.05) is 21.2 Å². The number of rotatable bonds is 4. The van der Waals surface area contributed by atoms with Crippen LogP contribution in [0.1, 0.15) is 15.2 Å². The summed E-state index contributed by atoms with van der Waals surface area (Å²) in [7, 11) is 1.66. The fourth-order valence-electron chi connectivity index (χ4n) is 2.98. The van der Waals surface area contributed by atoms with Gasteiger partial charge in [-0.15, -0.1) is 11.3 Å². The van der Waals surface area contributed by atoms with E-state index in [-0.39, 0.29) is 5.78 Å². The summed E-state index contributed by atoms with van der Waals surface area (Å²) in [6, 6.07) is 25.5. The third kappa shape index (κ3) is 2.83. The van der Waals surface area contributed by atoms with Crippen molar-refractivity contribution in [1.82, 2.24) is 0 Å². The number of methoxy groups -OCH3 is 1. The minimum atomic E-state index is 0.0552. The van der Waals surface area contributed by atoms with E-state index in [1.54, 1.807) is 7.11 Å². The van der Waals surface area contributed by atoms with E-state index in [9.17, 15) is 4.79 Å². The highest BCUT2D eigenvalue weighted by Gasteiger charge is 2.21. The molecule has 0 spiro atoms. The van der Waals surface area contributed by atoms with Gasteiger partial charge in [0.05, 0.1) is 12.0 Å². The zero-order valence-electron chi connectivity index (χ0n) is 13.7. The number of ether oxygens (including phenoxy) is 1. The quantitative estimate of drug-likeness (QED) is 0.437. The summed E-state index contributed by atoms with van der Waals surface area (Å²) in [5, 5.41) is 1.08. The lowest BCUT2D eigenvalue weighted by molar-refractivity contribution is 0.104. The summed E-state index contributed by atoms with van der Waals surface area (Å²) in [5.74, 6) is 0.853. The maximum absolute atomic E-state index is 13.1. The first-order chi connectivity index (χ1) is 12.3. The smallest absolute Gasteiger partial charge is 0.203 e. The number of hydrogen-bond acceptors (Lipinski definition) is 3. The van der Waals surface area contributed by atoms with Crippen molar-refractivity contribution in [2.45, 2.75) is 0 Å². The molecule has 0 saturated heterocycles. The molecular formula is C22H16O2S. The highest BCUT2D eigenvalue weighted by atomic mass is 32.1. The van der Waals surface area contributed by atoms with Crippen LogP contribution in [0.15, 0.2) is 78.9 Å². The first-order valence-corrected chi connectivity index (χ1v) is 8.85. The van der Waals surface area contributed by atoms with E-state index in [4.69, 9.17) is 4.74 Å². The number of carbonyl (C=O) groups is 1. The number of ketones is 1. The van der Waals surface area contributed by atoms with Gasteiger partial charge in [-0.1, -0.05) is 60.7 Å². The fraction of sp³-hybridized carbons (Fsp3) is 0.0455. The average Bonchev–Trinajstić information content (AvgIpc) is 3.07. The van der Waals surface area contributed by atoms with Gasteiger partial charge >= 0.3 is 0 Å². The summed E-state index contributed by atoms with van der Waals surface area (Å²) >= 11 is 1.52. The second-order valence-electron chi connectivity index (χ2n) is 5.73. The van der Waals surface area contributed by atoms with Gasteiger partial charge in [-0.25, -0.2) is 0 Å². The lowest BCUT2D eigenvalue weighted by Gasteiger charge is -2.05. The topological polar surface area (TPSA) is 26.3 Å². The largest absolute Gasteiger partial charge is 0.497 e. The molecule has 0 unspecified atom stereocenters. The lowest BCUT2D eigenvalue weighted by atomic mass is 9.98. The SMILES string of the molecule is COc1ccc2c(-c3ccccc3)c(C(=O)c3ccccc3)sc2c1. The Hall–Kier alpha value is -2.91. The number of carbonyl (C=O) groups excluding carboxylic acids is 1. The van der Waals surface area contributed by atoms with Gasteiger partial charge < -0.3 is 4.74 Å². The zero-order valence-corrected chi connectivity index (χ0v) is 14.5. The van der Waals surface area contributed by atoms with E-state index in [1.165, 1.54) is 11.3 Å². The molecule has 0 aliphatic carbocycles. The molecule has 122 valence electrons. The van der Waals surface area contributed by atoms with E-state index in [2.05, 4.69) is 0 Å². The van der Waals surface area contributed by atoms with Crippen molar-refractivity contribution >= 4 is 27.2 Å². The van der Waals surface area contributed by atoms with Crippen LogP contribution in [0.2, 0.25) is 0 Å². The van der Waals surface area contributed by atoms with E-state index in [0.29, 0.717) is 5.56 Å². The summed E-state index contributed by atoms with van der Waals surface area (Å²) in [6.45, 7) is 0. The van der Waals surface area contributed by atoms with Crippen LogP contribution in [0, 0.1) is 0 Å². The van der Waals surface area contributed by atoms with Crippen LogP contribution >= 0.6 is 11.3 Å². The molecule has 0 bridgehead atoms. The van der Waals surface area contributed by atoms with Crippen molar-refractivity contribution in [3.05, 3.63) is 89.3 Å². The number of fused-ring (bicyclic) bond motifs is 1.